The van der Waals surface area contributed by atoms with E-state index in [0.717, 1.165) is 30.5 Å². The first-order valence-electron chi connectivity index (χ1n) is 7.75. The van der Waals surface area contributed by atoms with Crippen LogP contribution in [0, 0.1) is 5.92 Å². The summed E-state index contributed by atoms with van der Waals surface area (Å²) >= 11 is 3.64. The predicted molar refractivity (Wildman–Crippen MR) is 91.2 cm³/mol. The van der Waals surface area contributed by atoms with Gasteiger partial charge in [-0.15, -0.1) is 0 Å². The van der Waals surface area contributed by atoms with Crippen molar-refractivity contribution in [2.75, 3.05) is 20.2 Å². The van der Waals surface area contributed by atoms with Crippen LogP contribution in [0.5, 0.6) is 0 Å². The van der Waals surface area contributed by atoms with Crippen molar-refractivity contribution in [3.05, 3.63) is 34.3 Å². The third-order valence-corrected chi connectivity index (χ3v) is 5.55. The Labute approximate surface area is 137 Å². The molecule has 0 spiro atoms. The quantitative estimate of drug-likeness (QED) is 0.880. The van der Waals surface area contributed by atoms with Crippen LogP contribution in [0.25, 0.3) is 0 Å². The van der Waals surface area contributed by atoms with Crippen molar-refractivity contribution in [2.24, 2.45) is 11.7 Å². The van der Waals surface area contributed by atoms with Gasteiger partial charge in [-0.25, -0.2) is 0 Å². The summed E-state index contributed by atoms with van der Waals surface area (Å²) in [5, 5.41) is 0. The lowest BCUT2D eigenvalue weighted by Crippen LogP contribution is -2.57. The number of nitrogens with two attached hydrogens (primary N) is 1. The van der Waals surface area contributed by atoms with E-state index in [4.69, 9.17) is 10.5 Å². The Bertz CT molecular complexity index is 466. The van der Waals surface area contributed by atoms with E-state index in [0.29, 0.717) is 18.6 Å². The Morgan fingerprint density at radius 2 is 2.14 bits per heavy atom. The Hall–Kier alpha value is -0.420. The lowest BCUT2D eigenvalue weighted by atomic mass is 9.82. The molecule has 118 valence electrons. The maximum Gasteiger partial charge on any atom is 0.0616 e. The second kappa shape index (κ2) is 7.23. The van der Waals surface area contributed by atoms with Gasteiger partial charge in [-0.2, -0.15) is 0 Å². The lowest BCUT2D eigenvalue weighted by Gasteiger charge is -2.47. The SMILES string of the molecule is CC(C)C1CC(CN)(N(C)Cc2ccccc2Br)CCO1. The van der Waals surface area contributed by atoms with E-state index in [2.05, 4.69) is 66.0 Å². The Morgan fingerprint density at radius 3 is 2.76 bits per heavy atom. The molecule has 4 heteroatoms. The second-order valence-corrected chi connectivity index (χ2v) is 7.34. The fourth-order valence-corrected chi connectivity index (χ4v) is 3.51. The molecule has 0 saturated carbocycles. The number of hydrogen-bond acceptors (Lipinski definition) is 3. The molecule has 1 aliphatic heterocycles. The molecule has 1 saturated heterocycles. The lowest BCUT2D eigenvalue weighted by molar-refractivity contribution is -0.0834. The molecule has 0 aliphatic carbocycles. The Morgan fingerprint density at radius 1 is 1.43 bits per heavy atom. The van der Waals surface area contributed by atoms with Crippen LogP contribution >= 0.6 is 15.9 Å². The van der Waals surface area contributed by atoms with Gasteiger partial charge in [0, 0.05) is 29.7 Å². The highest BCUT2D eigenvalue weighted by Crippen LogP contribution is 2.33. The van der Waals surface area contributed by atoms with Crippen LogP contribution in [0.3, 0.4) is 0 Å². The second-order valence-electron chi connectivity index (χ2n) is 6.48. The summed E-state index contributed by atoms with van der Waals surface area (Å²) < 4.78 is 7.09. The molecular formula is C17H27BrN2O. The Kier molecular flexibility index (Phi) is 5.83. The first-order chi connectivity index (χ1) is 9.98. The monoisotopic (exact) mass is 354 g/mol. The number of nitrogens with zero attached hydrogens (tertiary/aromatic N) is 1. The minimum Gasteiger partial charge on any atom is -0.378 e. The van der Waals surface area contributed by atoms with Gasteiger partial charge in [-0.3, -0.25) is 4.90 Å². The van der Waals surface area contributed by atoms with Crippen LogP contribution in [0.4, 0.5) is 0 Å². The minimum absolute atomic E-state index is 0.0441. The molecule has 0 bridgehead atoms. The number of halogens is 1. The summed E-state index contributed by atoms with van der Waals surface area (Å²) in [6.07, 6.45) is 2.33. The summed E-state index contributed by atoms with van der Waals surface area (Å²) in [6.45, 7) is 6.85. The van der Waals surface area contributed by atoms with Crippen LogP contribution < -0.4 is 5.73 Å². The number of hydrogen-bond donors (Lipinski definition) is 1. The molecule has 21 heavy (non-hydrogen) atoms. The van der Waals surface area contributed by atoms with Crippen LogP contribution in [-0.2, 0) is 11.3 Å². The predicted octanol–water partition coefficient (Wildman–Crippen LogP) is 3.41. The van der Waals surface area contributed by atoms with Crippen molar-refractivity contribution < 1.29 is 4.74 Å². The van der Waals surface area contributed by atoms with E-state index in [1.807, 2.05) is 0 Å². The number of ether oxygens (including phenoxy) is 1. The van der Waals surface area contributed by atoms with Gasteiger partial charge in [0.15, 0.2) is 0 Å². The third kappa shape index (κ3) is 3.86. The largest absolute Gasteiger partial charge is 0.378 e. The van der Waals surface area contributed by atoms with E-state index < -0.39 is 0 Å². The molecule has 1 aromatic rings. The number of rotatable bonds is 5. The van der Waals surface area contributed by atoms with Gasteiger partial charge >= 0.3 is 0 Å². The molecule has 3 nitrogen and oxygen atoms in total. The summed E-state index contributed by atoms with van der Waals surface area (Å²) in [5.41, 5.74) is 7.53. The van der Waals surface area contributed by atoms with E-state index >= 15 is 0 Å². The fraction of sp³-hybridized carbons (Fsp3) is 0.647. The smallest absolute Gasteiger partial charge is 0.0616 e. The maximum absolute atomic E-state index is 6.18. The molecule has 0 radical (unpaired) electrons. The average molecular weight is 355 g/mol. The average Bonchev–Trinajstić information content (AvgIpc) is 2.49. The zero-order valence-electron chi connectivity index (χ0n) is 13.3. The molecule has 1 aromatic carbocycles. The van der Waals surface area contributed by atoms with Crippen LogP contribution in [0.1, 0.15) is 32.3 Å². The van der Waals surface area contributed by atoms with Gasteiger partial charge in [0.2, 0.25) is 0 Å². The molecule has 0 amide bonds. The Balaban J connectivity index is 2.14. The third-order valence-electron chi connectivity index (χ3n) is 4.78. The van der Waals surface area contributed by atoms with Crippen molar-refractivity contribution in [1.29, 1.82) is 0 Å². The maximum atomic E-state index is 6.18. The normalized spacial score (nSPS) is 26.5. The highest BCUT2D eigenvalue weighted by Gasteiger charge is 2.40. The van der Waals surface area contributed by atoms with Gasteiger partial charge in [0.1, 0.15) is 0 Å². The summed E-state index contributed by atoms with van der Waals surface area (Å²) in [4.78, 5) is 2.42. The summed E-state index contributed by atoms with van der Waals surface area (Å²) in [5.74, 6) is 0.535. The zero-order chi connectivity index (χ0) is 15.5. The number of benzene rings is 1. The van der Waals surface area contributed by atoms with Crippen LogP contribution in [0.2, 0.25) is 0 Å². The van der Waals surface area contributed by atoms with Crippen molar-refractivity contribution in [1.82, 2.24) is 4.90 Å². The van der Waals surface area contributed by atoms with E-state index in [1.165, 1.54) is 5.56 Å². The first kappa shape index (κ1) is 16.9. The van der Waals surface area contributed by atoms with E-state index in [1.54, 1.807) is 0 Å². The fourth-order valence-electron chi connectivity index (χ4n) is 3.10. The molecule has 2 N–H and O–H groups in total. The molecular weight excluding hydrogens is 328 g/mol. The van der Waals surface area contributed by atoms with Gasteiger partial charge in [0.25, 0.3) is 0 Å². The highest BCUT2D eigenvalue weighted by atomic mass is 79.9. The van der Waals surface area contributed by atoms with Crippen molar-refractivity contribution in [2.45, 2.75) is 44.9 Å². The van der Waals surface area contributed by atoms with Crippen molar-refractivity contribution in [3.63, 3.8) is 0 Å². The molecule has 1 aliphatic rings. The van der Waals surface area contributed by atoms with E-state index in [-0.39, 0.29) is 5.54 Å². The zero-order valence-corrected chi connectivity index (χ0v) is 14.9. The summed E-state index contributed by atoms with van der Waals surface area (Å²) in [6, 6.07) is 8.41. The standard InChI is InChI=1S/C17H27BrN2O/c1-13(2)16-10-17(12-19,8-9-21-16)20(3)11-14-6-4-5-7-15(14)18/h4-7,13,16H,8-12,19H2,1-3H3. The van der Waals surface area contributed by atoms with Crippen molar-refractivity contribution in [3.8, 4) is 0 Å². The van der Waals surface area contributed by atoms with E-state index in [9.17, 15) is 0 Å². The van der Waals surface area contributed by atoms with Gasteiger partial charge in [0.05, 0.1) is 6.10 Å². The van der Waals surface area contributed by atoms with Gasteiger partial charge in [-0.05, 0) is 37.4 Å². The first-order valence-corrected chi connectivity index (χ1v) is 8.54. The molecule has 0 aromatic heterocycles. The van der Waals surface area contributed by atoms with Crippen LogP contribution in [0.15, 0.2) is 28.7 Å². The molecule has 2 atom stereocenters. The van der Waals surface area contributed by atoms with Crippen LogP contribution in [-0.4, -0.2) is 36.7 Å². The molecule has 1 fully saturated rings. The summed E-state index contributed by atoms with van der Waals surface area (Å²) in [7, 11) is 2.19. The van der Waals surface area contributed by atoms with Gasteiger partial charge < -0.3 is 10.5 Å². The van der Waals surface area contributed by atoms with Crippen molar-refractivity contribution >= 4 is 15.9 Å². The molecule has 1 heterocycles. The minimum atomic E-state index is 0.0441. The highest BCUT2D eigenvalue weighted by molar-refractivity contribution is 9.10. The number of likely N-dealkylation sites (N-methyl/N-ethyl adjacent to an activating group) is 1. The topological polar surface area (TPSA) is 38.5 Å². The van der Waals surface area contributed by atoms with Gasteiger partial charge in [-0.1, -0.05) is 48.0 Å². The molecule has 2 rings (SSSR count). The molecule has 2 unspecified atom stereocenters.